The fourth-order valence-corrected chi connectivity index (χ4v) is 1.48. The highest BCUT2D eigenvalue weighted by Gasteiger charge is 2.37. The fraction of sp³-hybridized carbons (Fsp3) is 0.750. The largest absolute Gasteiger partial charge is 0.368 e. The van der Waals surface area contributed by atoms with Crippen LogP contribution in [-0.4, -0.2) is 18.6 Å². The molecule has 2 N–H and O–H groups in total. The van der Waals surface area contributed by atoms with Crippen molar-refractivity contribution in [3.05, 3.63) is 6.42 Å². The number of carbonyl (C=O) groups excluding carboxylic acids is 1. The van der Waals surface area contributed by atoms with Crippen molar-refractivity contribution in [2.45, 2.75) is 31.3 Å². The Hall–Kier alpha value is -0.570. The molecule has 0 saturated heterocycles. The van der Waals surface area contributed by atoms with Crippen LogP contribution in [0, 0.1) is 6.42 Å². The Labute approximate surface area is 66.9 Å². The van der Waals surface area contributed by atoms with Crippen LogP contribution in [0.2, 0.25) is 0 Å². The standard InChI is InChI=1S/C8H14NO2/c1-11-8(7(9)10)5-3-2-4-6-8/h3H,2,4-6H2,1H3,(H2,9,10)/t8-/m0/s1. The average Bonchev–Trinajstić information content (AvgIpc) is 2.05. The first-order valence-electron chi connectivity index (χ1n) is 3.88. The van der Waals surface area contributed by atoms with E-state index in [0.717, 1.165) is 19.3 Å². The fourth-order valence-electron chi connectivity index (χ4n) is 1.48. The number of rotatable bonds is 2. The van der Waals surface area contributed by atoms with Gasteiger partial charge in [-0.05, 0) is 32.1 Å². The molecule has 0 unspecified atom stereocenters. The van der Waals surface area contributed by atoms with Crippen molar-refractivity contribution >= 4 is 5.91 Å². The summed E-state index contributed by atoms with van der Waals surface area (Å²) in [5.74, 6) is -0.337. The lowest BCUT2D eigenvalue weighted by atomic mass is 9.84. The lowest BCUT2D eigenvalue weighted by Gasteiger charge is -2.32. The van der Waals surface area contributed by atoms with Crippen LogP contribution in [0.4, 0.5) is 0 Å². The number of primary amides is 1. The van der Waals surface area contributed by atoms with Gasteiger partial charge in [0.25, 0.3) is 0 Å². The summed E-state index contributed by atoms with van der Waals surface area (Å²) in [6.45, 7) is 0. The van der Waals surface area contributed by atoms with Crippen LogP contribution in [0.25, 0.3) is 0 Å². The number of carbonyl (C=O) groups is 1. The third kappa shape index (κ3) is 1.53. The van der Waals surface area contributed by atoms with Crippen molar-refractivity contribution in [2.75, 3.05) is 7.11 Å². The van der Waals surface area contributed by atoms with Crippen LogP contribution >= 0.6 is 0 Å². The molecule has 1 aliphatic rings. The van der Waals surface area contributed by atoms with E-state index in [0.29, 0.717) is 6.42 Å². The molecule has 3 heteroatoms. The molecule has 3 nitrogen and oxygen atoms in total. The highest BCUT2D eigenvalue weighted by atomic mass is 16.5. The number of hydrogen-bond acceptors (Lipinski definition) is 2. The summed E-state index contributed by atoms with van der Waals surface area (Å²) in [6, 6.07) is 0. The Balaban J connectivity index is 2.64. The molecule has 0 aliphatic heterocycles. The van der Waals surface area contributed by atoms with Crippen LogP contribution in [0.1, 0.15) is 25.7 Å². The summed E-state index contributed by atoms with van der Waals surface area (Å²) in [5.41, 5.74) is 4.53. The summed E-state index contributed by atoms with van der Waals surface area (Å²) in [4.78, 5) is 11.0. The van der Waals surface area contributed by atoms with Gasteiger partial charge in [-0.1, -0.05) is 0 Å². The Morgan fingerprint density at radius 1 is 1.73 bits per heavy atom. The minimum atomic E-state index is -0.696. The maximum atomic E-state index is 11.0. The minimum absolute atomic E-state index is 0.337. The van der Waals surface area contributed by atoms with Gasteiger partial charge in [0.2, 0.25) is 5.91 Å². The zero-order valence-electron chi connectivity index (χ0n) is 6.80. The molecular weight excluding hydrogens is 142 g/mol. The number of hydrogen-bond donors (Lipinski definition) is 1. The normalized spacial score (nSPS) is 23.0. The van der Waals surface area contributed by atoms with E-state index in [-0.39, 0.29) is 5.91 Å². The predicted octanol–water partition coefficient (Wildman–Crippen LogP) is 0.635. The maximum Gasteiger partial charge on any atom is 0.249 e. The quantitative estimate of drug-likeness (QED) is 0.637. The zero-order chi connectivity index (χ0) is 8.32. The highest BCUT2D eigenvalue weighted by molar-refractivity contribution is 5.83. The van der Waals surface area contributed by atoms with Crippen molar-refractivity contribution in [3.63, 3.8) is 0 Å². The van der Waals surface area contributed by atoms with Gasteiger partial charge in [0.05, 0.1) is 0 Å². The van der Waals surface area contributed by atoms with Crippen molar-refractivity contribution in [1.29, 1.82) is 0 Å². The SMILES string of the molecule is CO[C@@]1(C(N)=O)C[CH]CCC1. The molecule has 1 atom stereocenters. The van der Waals surface area contributed by atoms with E-state index in [2.05, 4.69) is 6.42 Å². The first kappa shape index (κ1) is 8.53. The molecule has 1 amide bonds. The summed E-state index contributed by atoms with van der Waals surface area (Å²) in [7, 11) is 1.55. The van der Waals surface area contributed by atoms with E-state index in [1.807, 2.05) is 0 Å². The molecule has 0 aromatic rings. The lowest BCUT2D eigenvalue weighted by Crippen LogP contribution is -2.47. The summed E-state index contributed by atoms with van der Waals surface area (Å²) in [6.07, 6.45) is 5.56. The van der Waals surface area contributed by atoms with Crippen LogP contribution < -0.4 is 5.73 Å². The second kappa shape index (κ2) is 3.22. The van der Waals surface area contributed by atoms with E-state index in [4.69, 9.17) is 10.5 Å². The van der Waals surface area contributed by atoms with Crippen molar-refractivity contribution in [3.8, 4) is 0 Å². The van der Waals surface area contributed by atoms with Crippen molar-refractivity contribution < 1.29 is 9.53 Å². The molecule has 63 valence electrons. The Kier molecular flexibility index (Phi) is 2.49. The van der Waals surface area contributed by atoms with Crippen molar-refractivity contribution in [2.24, 2.45) is 5.73 Å². The summed E-state index contributed by atoms with van der Waals surface area (Å²) in [5, 5.41) is 0. The van der Waals surface area contributed by atoms with Crippen LogP contribution in [0.15, 0.2) is 0 Å². The average molecular weight is 156 g/mol. The molecule has 0 spiro atoms. The van der Waals surface area contributed by atoms with E-state index in [9.17, 15) is 4.79 Å². The molecule has 1 radical (unpaired) electrons. The molecule has 0 heterocycles. The van der Waals surface area contributed by atoms with Gasteiger partial charge in [0.15, 0.2) is 0 Å². The highest BCUT2D eigenvalue weighted by Crippen LogP contribution is 2.29. The molecular formula is C8H14NO2. The number of nitrogens with two attached hydrogens (primary N) is 1. The van der Waals surface area contributed by atoms with Gasteiger partial charge >= 0.3 is 0 Å². The third-order valence-electron chi connectivity index (χ3n) is 2.30. The lowest BCUT2D eigenvalue weighted by molar-refractivity contribution is -0.142. The van der Waals surface area contributed by atoms with Crippen LogP contribution in [-0.2, 0) is 9.53 Å². The number of ether oxygens (including phenoxy) is 1. The van der Waals surface area contributed by atoms with Gasteiger partial charge < -0.3 is 10.5 Å². The summed E-state index contributed by atoms with van der Waals surface area (Å²) < 4.78 is 5.13. The molecule has 11 heavy (non-hydrogen) atoms. The molecule has 1 rings (SSSR count). The topological polar surface area (TPSA) is 52.3 Å². The first-order chi connectivity index (χ1) is 5.21. The van der Waals surface area contributed by atoms with Gasteiger partial charge in [0.1, 0.15) is 5.60 Å². The first-order valence-corrected chi connectivity index (χ1v) is 3.88. The van der Waals surface area contributed by atoms with Crippen LogP contribution in [0.5, 0.6) is 0 Å². The van der Waals surface area contributed by atoms with E-state index in [1.54, 1.807) is 7.11 Å². The smallest absolute Gasteiger partial charge is 0.249 e. The zero-order valence-corrected chi connectivity index (χ0v) is 6.80. The maximum absolute atomic E-state index is 11.0. The van der Waals surface area contributed by atoms with Gasteiger partial charge in [-0.2, -0.15) is 0 Å². The summed E-state index contributed by atoms with van der Waals surface area (Å²) >= 11 is 0. The Morgan fingerprint density at radius 3 is 2.73 bits per heavy atom. The molecule has 0 aromatic carbocycles. The van der Waals surface area contributed by atoms with Gasteiger partial charge in [-0.25, -0.2) is 0 Å². The predicted molar refractivity (Wildman–Crippen MR) is 41.7 cm³/mol. The van der Waals surface area contributed by atoms with Crippen LogP contribution in [0.3, 0.4) is 0 Å². The monoisotopic (exact) mass is 156 g/mol. The van der Waals surface area contributed by atoms with Gasteiger partial charge in [-0.15, -0.1) is 0 Å². The molecule has 1 fully saturated rings. The Bertz CT molecular complexity index is 150. The molecule has 0 bridgehead atoms. The molecule has 0 aromatic heterocycles. The van der Waals surface area contributed by atoms with Gasteiger partial charge in [-0.3, -0.25) is 4.79 Å². The second-order valence-corrected chi connectivity index (χ2v) is 2.95. The second-order valence-electron chi connectivity index (χ2n) is 2.95. The minimum Gasteiger partial charge on any atom is -0.368 e. The Morgan fingerprint density at radius 2 is 2.45 bits per heavy atom. The number of amides is 1. The molecule has 1 aliphatic carbocycles. The number of methoxy groups -OCH3 is 1. The van der Waals surface area contributed by atoms with E-state index < -0.39 is 5.60 Å². The van der Waals surface area contributed by atoms with E-state index >= 15 is 0 Å². The van der Waals surface area contributed by atoms with Gasteiger partial charge in [0, 0.05) is 7.11 Å². The van der Waals surface area contributed by atoms with Crippen molar-refractivity contribution in [1.82, 2.24) is 0 Å². The molecule has 1 saturated carbocycles. The third-order valence-corrected chi connectivity index (χ3v) is 2.30. The van der Waals surface area contributed by atoms with E-state index in [1.165, 1.54) is 0 Å².